The minimum absolute atomic E-state index is 0.0382. The SMILES string of the molecule is CO/N=C(C)/C(C)=N/OCc1ccccc1/C(=C/O)C(=O)OC.CO/N=C(C)/C(C)=N/OCc1ccccc1/C(=N/O)C(=O)OC.CO/N=C(C)/C(C)=N/OCc1ccccc1C(=O)C(=O)OC.CO/N=C(C)/C(C)=N/OCc1ccccc1CC(=O)OC. The molecule has 0 atom stereocenters. The molecule has 0 bridgehead atoms. The fourth-order valence-electron chi connectivity index (χ4n) is 6.47. The van der Waals surface area contributed by atoms with Crippen molar-refractivity contribution in [1.82, 2.24) is 0 Å². The van der Waals surface area contributed by atoms with Crippen LogP contribution in [-0.4, -0.2) is 148 Å². The van der Waals surface area contributed by atoms with E-state index in [0.717, 1.165) is 18.2 Å². The first-order valence-corrected chi connectivity index (χ1v) is 26.4. The molecule has 0 saturated carbocycles. The predicted molar refractivity (Wildman–Crippen MR) is 333 cm³/mol. The Balaban J connectivity index is 0.000000594. The second-order valence-corrected chi connectivity index (χ2v) is 17.5. The molecule has 2 N–H and O–H groups in total. The van der Waals surface area contributed by atoms with Crippen molar-refractivity contribution in [2.75, 3.05) is 56.9 Å². The van der Waals surface area contributed by atoms with E-state index in [9.17, 15) is 29.1 Å². The zero-order valence-electron chi connectivity index (χ0n) is 52.7. The quantitative estimate of drug-likeness (QED) is 0.00616. The molecule has 0 unspecified atom stereocenters. The predicted octanol–water partition coefficient (Wildman–Crippen LogP) is 8.90. The van der Waals surface area contributed by atoms with Crippen LogP contribution in [0.2, 0.25) is 0 Å². The standard InChI is InChI=1S/C16H20N2O5.C15H19N3O5.C15H18N2O5.C15H20N2O4/c1-11(17-22-4)12(2)18-23-10-13-7-5-6-8-14(13)15(9-19)16(20)21-3;1-10(17-22-4)11(2)18-23-9-12-7-5-6-8-13(12)14(16-20)15(19)21-3;1-10(16-21-4)11(2)17-22-9-12-7-5-6-8-13(12)14(18)15(19)20-3;1-11(16-20-4)12(2)17-21-10-14-8-6-5-7-13(14)9-15(18)19-3/h5-9,19H,10H2,1-4H3;5-8,20H,9H2,1-4H3;5-8H,9H2,1-4H3;5-8H,9-10H2,1-4H3/b15-9-,17-11+,18-12+;16-14-,17-10+,18-11+;16-10+,17-11+;16-11+,17-12+. The van der Waals surface area contributed by atoms with Crippen molar-refractivity contribution in [3.63, 3.8) is 0 Å². The number of rotatable bonds is 28. The number of hydrogen-bond acceptors (Lipinski definition) is 28. The Bertz CT molecular complexity index is 3160. The highest BCUT2D eigenvalue weighted by molar-refractivity contribution is 6.44. The van der Waals surface area contributed by atoms with Gasteiger partial charge in [0.05, 0.1) is 41.1 Å². The third kappa shape index (κ3) is 27.9. The molecule has 0 aliphatic carbocycles. The smallest absolute Gasteiger partial charge is 0.379 e. The van der Waals surface area contributed by atoms with Gasteiger partial charge in [0, 0.05) is 27.8 Å². The molecule has 4 aromatic carbocycles. The van der Waals surface area contributed by atoms with E-state index in [1.807, 2.05) is 24.3 Å². The Morgan fingerprint density at radius 2 is 0.674 bits per heavy atom. The molecule has 0 fully saturated rings. The summed E-state index contributed by atoms with van der Waals surface area (Å²) in [6.07, 6.45) is 0.928. The third-order valence-electron chi connectivity index (χ3n) is 11.6. The molecule has 0 spiro atoms. The van der Waals surface area contributed by atoms with Gasteiger partial charge in [-0.3, -0.25) is 9.59 Å². The second-order valence-electron chi connectivity index (χ2n) is 17.5. The van der Waals surface area contributed by atoms with Crippen molar-refractivity contribution in [2.24, 2.45) is 46.4 Å². The van der Waals surface area contributed by atoms with Crippen molar-refractivity contribution in [2.45, 2.75) is 88.2 Å². The van der Waals surface area contributed by atoms with Crippen LogP contribution in [0.25, 0.3) is 5.57 Å². The number of ketones is 1. The lowest BCUT2D eigenvalue weighted by atomic mass is 10.0. The van der Waals surface area contributed by atoms with Crippen LogP contribution >= 0.6 is 0 Å². The van der Waals surface area contributed by atoms with E-state index in [2.05, 4.69) is 84.7 Å². The van der Waals surface area contributed by atoms with Crippen LogP contribution < -0.4 is 0 Å². The number of aliphatic hydroxyl groups excluding tert-OH is 1. The molecule has 0 amide bonds. The van der Waals surface area contributed by atoms with Gasteiger partial charge in [0.2, 0.25) is 0 Å². The van der Waals surface area contributed by atoms with Crippen LogP contribution in [-0.2, 0) is 110 Å². The largest absolute Gasteiger partial charge is 0.515 e. The fourth-order valence-corrected chi connectivity index (χ4v) is 6.47. The molecule has 4 rings (SSSR count). The average molecular weight is 1240 g/mol. The number of esters is 4. The van der Waals surface area contributed by atoms with Gasteiger partial charge >= 0.3 is 23.9 Å². The Morgan fingerprint density at radius 1 is 0.371 bits per heavy atom. The number of carbonyl (C=O) groups is 5. The Hall–Kier alpha value is -10.8. The lowest BCUT2D eigenvalue weighted by Gasteiger charge is -2.10. The maximum atomic E-state index is 11.9. The van der Waals surface area contributed by atoms with Gasteiger partial charge < -0.3 is 68.0 Å². The van der Waals surface area contributed by atoms with Gasteiger partial charge in [-0.15, -0.1) is 0 Å². The minimum atomic E-state index is -0.921. The van der Waals surface area contributed by atoms with Gasteiger partial charge in [0.15, 0.2) is 5.71 Å². The first-order chi connectivity index (χ1) is 42.7. The summed E-state index contributed by atoms with van der Waals surface area (Å²) in [5, 5.41) is 52.0. The maximum absolute atomic E-state index is 11.9. The molecule has 0 radical (unpaired) electrons. The van der Waals surface area contributed by atoms with E-state index in [1.54, 1.807) is 122 Å². The second kappa shape index (κ2) is 43.8. The van der Waals surface area contributed by atoms with Crippen LogP contribution in [0.3, 0.4) is 0 Å². The first-order valence-electron chi connectivity index (χ1n) is 26.4. The fraction of sp³-hybridized carbons (Fsp3) is 0.344. The molecule has 28 heteroatoms. The number of methoxy groups -OCH3 is 4. The maximum Gasteiger partial charge on any atom is 0.379 e. The lowest BCUT2D eigenvalue weighted by molar-refractivity contribution is -0.140. The molecular formula is C61H77N9O19. The van der Waals surface area contributed by atoms with E-state index in [-0.39, 0.29) is 55.7 Å². The highest BCUT2D eigenvalue weighted by Crippen LogP contribution is 2.22. The molecule has 89 heavy (non-hydrogen) atoms. The number of benzene rings is 4. The van der Waals surface area contributed by atoms with Crippen LogP contribution in [0, 0.1) is 0 Å². The summed E-state index contributed by atoms with van der Waals surface area (Å²) in [6, 6.07) is 27.9. The van der Waals surface area contributed by atoms with Crippen LogP contribution in [0.1, 0.15) is 105 Å². The zero-order valence-corrected chi connectivity index (χ0v) is 52.7. The van der Waals surface area contributed by atoms with E-state index in [1.165, 1.54) is 55.8 Å². The molecule has 0 heterocycles. The Morgan fingerprint density at radius 3 is 1.02 bits per heavy atom. The monoisotopic (exact) mass is 1240 g/mol. The number of aliphatic hydroxyl groups is 1. The number of oxime groups is 9. The molecule has 0 aromatic heterocycles. The van der Waals surface area contributed by atoms with E-state index < -0.39 is 23.7 Å². The van der Waals surface area contributed by atoms with Crippen molar-refractivity contribution < 1.29 is 91.9 Å². The van der Waals surface area contributed by atoms with Crippen molar-refractivity contribution in [3.8, 4) is 0 Å². The molecule has 0 aliphatic rings. The third-order valence-corrected chi connectivity index (χ3v) is 11.6. The Kier molecular flexibility index (Phi) is 37.5. The summed E-state index contributed by atoms with van der Waals surface area (Å²) >= 11 is 0. The van der Waals surface area contributed by atoms with E-state index >= 15 is 0 Å². The number of hydrogen-bond donors (Lipinski definition) is 2. The van der Waals surface area contributed by atoms with Crippen LogP contribution in [0.15, 0.2) is 150 Å². The number of ether oxygens (including phenoxy) is 4. The van der Waals surface area contributed by atoms with E-state index in [0.29, 0.717) is 79.8 Å². The summed E-state index contributed by atoms with van der Waals surface area (Å²) in [5.74, 6) is -3.31. The first kappa shape index (κ1) is 76.2. The lowest BCUT2D eigenvalue weighted by Crippen LogP contribution is -2.19. The molecule has 28 nitrogen and oxygen atoms in total. The highest BCUT2D eigenvalue weighted by atomic mass is 16.6. The van der Waals surface area contributed by atoms with Crippen LogP contribution in [0.4, 0.5) is 0 Å². The van der Waals surface area contributed by atoms with Gasteiger partial charge in [-0.25, -0.2) is 14.4 Å². The van der Waals surface area contributed by atoms with Crippen molar-refractivity contribution in [3.05, 3.63) is 148 Å². The highest BCUT2D eigenvalue weighted by Gasteiger charge is 2.21. The summed E-state index contributed by atoms with van der Waals surface area (Å²) in [6.45, 7) is 14.4. The summed E-state index contributed by atoms with van der Waals surface area (Å²) in [7, 11) is 10.8. The molecule has 4 aromatic rings. The molecule has 0 saturated heterocycles. The topological polar surface area (TPSA) is 348 Å². The average Bonchev–Trinajstić information content (AvgIpc) is 2.92. The summed E-state index contributed by atoms with van der Waals surface area (Å²) in [4.78, 5) is 97.6. The summed E-state index contributed by atoms with van der Waals surface area (Å²) in [5.41, 5.74) is 9.22. The number of nitrogens with zero attached hydrogens (tertiary/aromatic N) is 9. The van der Waals surface area contributed by atoms with Gasteiger partial charge in [-0.1, -0.05) is 143 Å². The molecule has 0 aliphatic heterocycles. The number of carbonyl (C=O) groups excluding carboxylic acids is 5. The van der Waals surface area contributed by atoms with Gasteiger partial charge in [0.1, 0.15) is 106 Å². The number of Topliss-reactive ketones (excluding diaryl/α,β-unsaturated/α-hetero) is 1. The van der Waals surface area contributed by atoms with Gasteiger partial charge in [-0.05, 0) is 72.1 Å². The summed E-state index contributed by atoms with van der Waals surface area (Å²) < 4.78 is 18.3. The van der Waals surface area contributed by atoms with Crippen molar-refractivity contribution >= 4 is 86.6 Å². The van der Waals surface area contributed by atoms with E-state index in [4.69, 9.17) is 24.6 Å². The minimum Gasteiger partial charge on any atom is -0.515 e. The zero-order chi connectivity index (χ0) is 66.7. The Labute approximate surface area is 516 Å². The molecule has 480 valence electrons. The normalized spacial score (nSPS) is 12.4. The molecular weight excluding hydrogens is 1160 g/mol. The van der Waals surface area contributed by atoms with Gasteiger partial charge in [-0.2, -0.15) is 0 Å². The van der Waals surface area contributed by atoms with Gasteiger partial charge in [0.25, 0.3) is 5.78 Å². The van der Waals surface area contributed by atoms with Crippen molar-refractivity contribution in [1.29, 1.82) is 0 Å². The van der Waals surface area contributed by atoms with Crippen LogP contribution in [0.5, 0.6) is 0 Å².